The van der Waals surface area contributed by atoms with Gasteiger partial charge in [-0.1, -0.05) is 109 Å². The molecule has 0 fully saturated rings. The fourth-order valence-corrected chi connectivity index (χ4v) is 5.15. The molecule has 0 aromatic heterocycles. The maximum absolute atomic E-state index is 13.3. The number of hydrogen-bond acceptors (Lipinski definition) is 3. The molecule has 0 aliphatic heterocycles. The Kier molecular flexibility index (Phi) is 6.57. The Balaban J connectivity index is 1.84. The van der Waals surface area contributed by atoms with Crippen molar-refractivity contribution in [3.8, 4) is 5.75 Å². The number of phosphoric acid groups is 1. The molecule has 32 heavy (non-hydrogen) atoms. The molecule has 4 rings (SSSR count). The number of phosphoric ester groups is 1. The molecule has 5 heteroatoms. The van der Waals surface area contributed by atoms with Crippen LogP contribution in [0.15, 0.2) is 121 Å². The second kappa shape index (κ2) is 9.54. The van der Waals surface area contributed by atoms with E-state index >= 15 is 0 Å². The van der Waals surface area contributed by atoms with Gasteiger partial charge in [-0.3, -0.25) is 9.42 Å². The Morgan fingerprint density at radius 2 is 1.09 bits per heavy atom. The van der Waals surface area contributed by atoms with Crippen LogP contribution in [0.5, 0.6) is 5.75 Å². The standard InChI is InChI=1S/C27H25O4P/c1-27(24-18-10-4-11-19-24,31-32(28,29)30-25-20-12-5-13-21-25)26(22-14-6-2-7-15-22)23-16-8-3-9-17-23/h2-21,26H,1H3,(H,28,29). The smallest absolute Gasteiger partial charge is 0.404 e. The van der Waals surface area contributed by atoms with Gasteiger partial charge in [-0.25, -0.2) is 4.57 Å². The predicted octanol–water partition coefficient (Wildman–Crippen LogP) is 6.93. The summed E-state index contributed by atoms with van der Waals surface area (Å²) in [6.07, 6.45) is 0. The summed E-state index contributed by atoms with van der Waals surface area (Å²) in [4.78, 5) is 10.8. The molecule has 0 heterocycles. The molecule has 162 valence electrons. The summed E-state index contributed by atoms with van der Waals surface area (Å²) in [5, 5.41) is 0. The second-order valence-corrected chi connectivity index (χ2v) is 8.99. The quantitative estimate of drug-likeness (QED) is 0.299. The molecule has 4 nitrogen and oxygen atoms in total. The molecule has 0 aliphatic carbocycles. The first-order chi connectivity index (χ1) is 15.5. The van der Waals surface area contributed by atoms with E-state index in [0.29, 0.717) is 0 Å². The summed E-state index contributed by atoms with van der Waals surface area (Å²) < 4.78 is 24.8. The van der Waals surface area contributed by atoms with Gasteiger partial charge in [0.2, 0.25) is 0 Å². The lowest BCUT2D eigenvalue weighted by Crippen LogP contribution is -2.34. The van der Waals surface area contributed by atoms with Crippen LogP contribution < -0.4 is 4.52 Å². The summed E-state index contributed by atoms with van der Waals surface area (Å²) in [5.74, 6) is -0.100. The van der Waals surface area contributed by atoms with E-state index in [2.05, 4.69) is 0 Å². The summed E-state index contributed by atoms with van der Waals surface area (Å²) in [7, 11) is -4.50. The van der Waals surface area contributed by atoms with Gasteiger partial charge in [-0.15, -0.1) is 0 Å². The van der Waals surface area contributed by atoms with Gasteiger partial charge in [0.05, 0.1) is 0 Å². The highest BCUT2D eigenvalue weighted by Crippen LogP contribution is 2.56. The van der Waals surface area contributed by atoms with Crippen molar-refractivity contribution in [3.63, 3.8) is 0 Å². The molecule has 4 aromatic carbocycles. The van der Waals surface area contributed by atoms with Crippen molar-refractivity contribution in [2.45, 2.75) is 18.4 Å². The summed E-state index contributed by atoms with van der Waals surface area (Å²) in [6, 6.07) is 37.8. The van der Waals surface area contributed by atoms with Gasteiger partial charge in [-0.2, -0.15) is 0 Å². The van der Waals surface area contributed by atoms with Gasteiger partial charge in [0, 0.05) is 5.92 Å². The molecule has 2 unspecified atom stereocenters. The first-order valence-corrected chi connectivity index (χ1v) is 11.9. The van der Waals surface area contributed by atoms with Crippen LogP contribution in [0, 0.1) is 0 Å². The summed E-state index contributed by atoms with van der Waals surface area (Å²) in [5.41, 5.74) is 1.49. The Bertz CT molecular complexity index is 1130. The van der Waals surface area contributed by atoms with Crippen LogP contribution in [-0.2, 0) is 14.7 Å². The predicted molar refractivity (Wildman–Crippen MR) is 127 cm³/mol. The van der Waals surface area contributed by atoms with E-state index < -0.39 is 13.4 Å². The second-order valence-electron chi connectivity index (χ2n) is 7.69. The van der Waals surface area contributed by atoms with Gasteiger partial charge < -0.3 is 4.52 Å². The van der Waals surface area contributed by atoms with E-state index in [-0.39, 0.29) is 11.7 Å². The Labute approximate surface area is 188 Å². The molecule has 0 saturated heterocycles. The minimum absolute atomic E-state index is 0.268. The molecule has 1 N–H and O–H groups in total. The minimum Gasteiger partial charge on any atom is -0.404 e. The molecule has 0 bridgehead atoms. The first-order valence-electron chi connectivity index (χ1n) is 10.4. The average Bonchev–Trinajstić information content (AvgIpc) is 2.81. The minimum atomic E-state index is -4.50. The van der Waals surface area contributed by atoms with E-state index in [9.17, 15) is 9.46 Å². The largest absolute Gasteiger partial charge is 0.528 e. The number of rotatable bonds is 8. The Morgan fingerprint density at radius 1 is 0.688 bits per heavy atom. The number of hydrogen-bond donors (Lipinski definition) is 1. The van der Waals surface area contributed by atoms with E-state index in [4.69, 9.17) is 9.05 Å². The maximum atomic E-state index is 13.3. The topological polar surface area (TPSA) is 55.8 Å². The monoisotopic (exact) mass is 444 g/mol. The summed E-state index contributed by atoms with van der Waals surface area (Å²) in [6.45, 7) is 1.84. The van der Waals surface area contributed by atoms with Crippen molar-refractivity contribution >= 4 is 7.82 Å². The third-order valence-corrected chi connectivity index (χ3v) is 6.48. The zero-order chi connectivity index (χ0) is 22.4. The molecule has 0 radical (unpaired) electrons. The summed E-state index contributed by atoms with van der Waals surface area (Å²) >= 11 is 0. The van der Waals surface area contributed by atoms with E-state index in [1.165, 1.54) is 0 Å². The lowest BCUT2D eigenvalue weighted by Gasteiger charge is -2.39. The SMILES string of the molecule is CC(OP(=O)(O)Oc1ccccc1)(c1ccccc1)C(c1ccccc1)c1ccccc1. The van der Waals surface area contributed by atoms with Crippen LogP contribution in [0.4, 0.5) is 0 Å². The molecule has 0 spiro atoms. The lowest BCUT2D eigenvalue weighted by molar-refractivity contribution is 0.0350. The molecule has 4 aromatic rings. The van der Waals surface area contributed by atoms with Crippen LogP contribution in [0.3, 0.4) is 0 Å². The van der Waals surface area contributed by atoms with Crippen LogP contribution in [0.1, 0.15) is 29.5 Å². The highest BCUT2D eigenvalue weighted by molar-refractivity contribution is 7.47. The Morgan fingerprint density at radius 3 is 1.56 bits per heavy atom. The van der Waals surface area contributed by atoms with Gasteiger partial charge >= 0.3 is 7.82 Å². The lowest BCUT2D eigenvalue weighted by atomic mass is 9.75. The molecule has 0 amide bonds. The molecular weight excluding hydrogens is 419 g/mol. The van der Waals surface area contributed by atoms with E-state index in [0.717, 1.165) is 16.7 Å². The van der Waals surface area contributed by atoms with Crippen LogP contribution in [0.2, 0.25) is 0 Å². The first kappa shape index (κ1) is 22.0. The third kappa shape index (κ3) is 5.00. The third-order valence-electron chi connectivity index (χ3n) is 5.43. The molecule has 0 aliphatic rings. The Hall–Kier alpha value is -3.17. The number of para-hydroxylation sites is 1. The van der Waals surface area contributed by atoms with Crippen LogP contribution >= 0.6 is 7.82 Å². The molecular formula is C27H25O4P. The normalized spacial score (nSPS) is 15.0. The fraction of sp³-hybridized carbons (Fsp3) is 0.111. The van der Waals surface area contributed by atoms with Gasteiger partial charge in [0.25, 0.3) is 0 Å². The van der Waals surface area contributed by atoms with E-state index in [1.807, 2.05) is 104 Å². The average molecular weight is 444 g/mol. The van der Waals surface area contributed by atoms with E-state index in [1.54, 1.807) is 24.3 Å². The molecule has 0 saturated carbocycles. The van der Waals surface area contributed by atoms with Crippen molar-refractivity contribution < 1.29 is 18.5 Å². The van der Waals surface area contributed by atoms with Gasteiger partial charge in [0.1, 0.15) is 11.4 Å². The highest BCUT2D eigenvalue weighted by Gasteiger charge is 2.45. The van der Waals surface area contributed by atoms with Crippen molar-refractivity contribution in [1.29, 1.82) is 0 Å². The highest BCUT2D eigenvalue weighted by atomic mass is 31.2. The van der Waals surface area contributed by atoms with Crippen LogP contribution in [0.25, 0.3) is 0 Å². The van der Waals surface area contributed by atoms with Crippen molar-refractivity contribution in [2.75, 3.05) is 0 Å². The molecule has 2 atom stereocenters. The van der Waals surface area contributed by atoms with Gasteiger partial charge in [-0.05, 0) is 35.7 Å². The van der Waals surface area contributed by atoms with Crippen molar-refractivity contribution in [3.05, 3.63) is 138 Å². The van der Waals surface area contributed by atoms with Gasteiger partial charge in [0.15, 0.2) is 0 Å². The van der Waals surface area contributed by atoms with Crippen molar-refractivity contribution in [1.82, 2.24) is 0 Å². The maximum Gasteiger partial charge on any atom is 0.528 e. The zero-order valence-corrected chi connectivity index (χ0v) is 18.6. The number of benzene rings is 4. The van der Waals surface area contributed by atoms with Crippen LogP contribution in [-0.4, -0.2) is 4.89 Å². The fourth-order valence-electron chi connectivity index (χ4n) is 4.03. The zero-order valence-electron chi connectivity index (χ0n) is 17.7. The van der Waals surface area contributed by atoms with Crippen molar-refractivity contribution in [2.24, 2.45) is 0 Å².